The lowest BCUT2D eigenvalue weighted by Crippen LogP contribution is -2.47. The molecular weight excluding hydrogens is 212 g/mol. The molecule has 2 atom stereocenters. The van der Waals surface area contributed by atoms with Crippen molar-refractivity contribution in [3.63, 3.8) is 0 Å². The van der Waals surface area contributed by atoms with Crippen LogP contribution in [0.25, 0.3) is 0 Å². The molecule has 0 bridgehead atoms. The van der Waals surface area contributed by atoms with Crippen molar-refractivity contribution in [2.24, 2.45) is 11.7 Å². The number of hydrogen-bond donors (Lipinski definition) is 2. The normalized spacial score (nSPS) is 26.0. The van der Waals surface area contributed by atoms with E-state index in [4.69, 9.17) is 5.73 Å². The third kappa shape index (κ3) is 3.28. The molecule has 94 valence electrons. The van der Waals surface area contributed by atoms with Crippen LogP contribution in [-0.2, 0) is 6.54 Å². The van der Waals surface area contributed by atoms with Gasteiger partial charge in [0.1, 0.15) is 0 Å². The lowest BCUT2D eigenvalue weighted by molar-refractivity contribution is 0.0727. The van der Waals surface area contributed by atoms with Gasteiger partial charge in [0.15, 0.2) is 0 Å². The van der Waals surface area contributed by atoms with Crippen LogP contribution in [0.2, 0.25) is 0 Å². The van der Waals surface area contributed by atoms with Crippen molar-refractivity contribution in [1.82, 2.24) is 4.90 Å². The van der Waals surface area contributed by atoms with Gasteiger partial charge in [-0.15, -0.1) is 0 Å². The molecule has 0 aromatic heterocycles. The highest BCUT2D eigenvalue weighted by Gasteiger charge is 2.26. The summed E-state index contributed by atoms with van der Waals surface area (Å²) in [4.78, 5) is 2.42. The van der Waals surface area contributed by atoms with Gasteiger partial charge in [0.2, 0.25) is 0 Å². The van der Waals surface area contributed by atoms with Gasteiger partial charge in [-0.05, 0) is 24.3 Å². The molecular formula is C14H22N2O. The van der Waals surface area contributed by atoms with Crippen LogP contribution in [-0.4, -0.2) is 35.7 Å². The molecule has 1 saturated heterocycles. The summed E-state index contributed by atoms with van der Waals surface area (Å²) >= 11 is 0. The molecule has 17 heavy (non-hydrogen) atoms. The molecule has 1 aliphatic heterocycles. The number of aliphatic hydroxyl groups is 1. The number of benzene rings is 1. The van der Waals surface area contributed by atoms with Gasteiger partial charge in [-0.2, -0.15) is 0 Å². The maximum atomic E-state index is 9.28. The fraction of sp³-hybridized carbons (Fsp3) is 0.571. The van der Waals surface area contributed by atoms with E-state index < -0.39 is 0 Å². The summed E-state index contributed by atoms with van der Waals surface area (Å²) < 4.78 is 0. The summed E-state index contributed by atoms with van der Waals surface area (Å²) in [5, 5.41) is 9.28. The molecule has 1 fully saturated rings. The highest BCUT2D eigenvalue weighted by molar-refractivity contribution is 5.14. The van der Waals surface area contributed by atoms with Gasteiger partial charge >= 0.3 is 0 Å². The zero-order valence-corrected chi connectivity index (χ0v) is 10.3. The second-order valence-corrected chi connectivity index (χ2v) is 4.93. The molecule has 3 nitrogen and oxygen atoms in total. The smallest absolute Gasteiger partial charge is 0.0471 e. The van der Waals surface area contributed by atoms with Crippen LogP contribution in [0.4, 0.5) is 0 Å². The quantitative estimate of drug-likeness (QED) is 0.823. The van der Waals surface area contributed by atoms with Crippen LogP contribution in [0.3, 0.4) is 0 Å². The average molecular weight is 234 g/mol. The Kier molecular flexibility index (Phi) is 4.54. The molecule has 1 heterocycles. The number of nitrogens with zero attached hydrogens (tertiary/aromatic N) is 1. The summed E-state index contributed by atoms with van der Waals surface area (Å²) in [6.45, 7) is 2.92. The van der Waals surface area contributed by atoms with Crippen molar-refractivity contribution >= 4 is 0 Å². The van der Waals surface area contributed by atoms with Crippen LogP contribution in [0, 0.1) is 5.92 Å². The van der Waals surface area contributed by atoms with Crippen molar-refractivity contribution < 1.29 is 5.11 Å². The zero-order chi connectivity index (χ0) is 12.1. The number of nitrogens with two attached hydrogens (primary N) is 1. The molecule has 1 aromatic carbocycles. The van der Waals surface area contributed by atoms with Gasteiger partial charge < -0.3 is 10.8 Å². The number of aliphatic hydroxyl groups excluding tert-OH is 1. The van der Waals surface area contributed by atoms with Gasteiger partial charge in [0.25, 0.3) is 0 Å². The van der Waals surface area contributed by atoms with Gasteiger partial charge in [-0.25, -0.2) is 0 Å². The molecule has 0 amide bonds. The lowest BCUT2D eigenvalue weighted by Gasteiger charge is -2.38. The fourth-order valence-corrected chi connectivity index (χ4v) is 2.61. The Balaban J connectivity index is 2.00. The van der Waals surface area contributed by atoms with E-state index >= 15 is 0 Å². The summed E-state index contributed by atoms with van der Waals surface area (Å²) in [6, 6.07) is 10.9. The van der Waals surface area contributed by atoms with Crippen molar-refractivity contribution in [1.29, 1.82) is 0 Å². The van der Waals surface area contributed by atoms with Crippen molar-refractivity contribution in [2.75, 3.05) is 19.7 Å². The first-order valence-corrected chi connectivity index (χ1v) is 6.42. The summed E-state index contributed by atoms with van der Waals surface area (Å²) in [5.74, 6) is 0.418. The Bertz CT molecular complexity index is 328. The highest BCUT2D eigenvalue weighted by atomic mass is 16.3. The predicted molar refractivity (Wildman–Crippen MR) is 69.5 cm³/mol. The zero-order valence-electron chi connectivity index (χ0n) is 10.3. The number of rotatable bonds is 4. The Morgan fingerprint density at radius 3 is 2.65 bits per heavy atom. The predicted octanol–water partition coefficient (Wildman–Crippen LogP) is 1.22. The molecule has 1 aliphatic rings. The van der Waals surface area contributed by atoms with Crippen molar-refractivity contribution in [3.8, 4) is 0 Å². The second kappa shape index (κ2) is 6.15. The molecule has 3 N–H and O–H groups in total. The van der Waals surface area contributed by atoms with E-state index in [1.807, 2.05) is 6.07 Å². The summed E-state index contributed by atoms with van der Waals surface area (Å²) in [6.07, 6.45) is 2.21. The summed E-state index contributed by atoms with van der Waals surface area (Å²) in [5.41, 5.74) is 7.15. The Labute approximate surface area is 103 Å². The Hall–Kier alpha value is -0.900. The van der Waals surface area contributed by atoms with Gasteiger partial charge in [0, 0.05) is 32.3 Å². The van der Waals surface area contributed by atoms with E-state index in [-0.39, 0.29) is 0 Å². The van der Waals surface area contributed by atoms with Crippen molar-refractivity contribution in [2.45, 2.75) is 25.4 Å². The molecule has 1 aromatic rings. The minimum atomic E-state index is 0.294. The van der Waals surface area contributed by atoms with Gasteiger partial charge in [-0.3, -0.25) is 4.90 Å². The largest absolute Gasteiger partial charge is 0.396 e. The second-order valence-electron chi connectivity index (χ2n) is 4.93. The average Bonchev–Trinajstić information content (AvgIpc) is 2.40. The standard InChI is InChI=1S/C14H22N2O/c15-8-14-7-6-13(11-17)10-16(14)9-12-4-2-1-3-5-12/h1-5,13-14,17H,6-11,15H2. The van der Waals surface area contributed by atoms with Gasteiger partial charge in [0.05, 0.1) is 0 Å². The molecule has 2 rings (SSSR count). The number of likely N-dealkylation sites (tertiary alicyclic amines) is 1. The third-order valence-electron chi connectivity index (χ3n) is 3.68. The Morgan fingerprint density at radius 2 is 2.00 bits per heavy atom. The van der Waals surface area contributed by atoms with Crippen LogP contribution in [0.15, 0.2) is 30.3 Å². The first kappa shape index (κ1) is 12.6. The first-order chi connectivity index (χ1) is 8.33. The van der Waals surface area contributed by atoms with E-state index in [0.717, 1.165) is 25.9 Å². The van der Waals surface area contributed by atoms with Crippen LogP contribution >= 0.6 is 0 Å². The number of piperidine rings is 1. The summed E-state index contributed by atoms with van der Waals surface area (Å²) in [7, 11) is 0. The van der Waals surface area contributed by atoms with E-state index in [9.17, 15) is 5.11 Å². The van der Waals surface area contributed by atoms with Crippen LogP contribution in [0.1, 0.15) is 18.4 Å². The van der Waals surface area contributed by atoms with Gasteiger partial charge in [-0.1, -0.05) is 30.3 Å². The van der Waals surface area contributed by atoms with E-state index in [2.05, 4.69) is 29.2 Å². The van der Waals surface area contributed by atoms with E-state index in [0.29, 0.717) is 25.1 Å². The van der Waals surface area contributed by atoms with Crippen molar-refractivity contribution in [3.05, 3.63) is 35.9 Å². The minimum absolute atomic E-state index is 0.294. The molecule has 0 saturated carbocycles. The highest BCUT2D eigenvalue weighted by Crippen LogP contribution is 2.23. The first-order valence-electron chi connectivity index (χ1n) is 6.42. The third-order valence-corrected chi connectivity index (χ3v) is 3.68. The maximum absolute atomic E-state index is 9.28. The van der Waals surface area contributed by atoms with E-state index in [1.54, 1.807) is 0 Å². The molecule has 2 unspecified atom stereocenters. The van der Waals surface area contributed by atoms with Crippen LogP contribution < -0.4 is 5.73 Å². The molecule has 3 heteroatoms. The fourth-order valence-electron chi connectivity index (χ4n) is 2.61. The Morgan fingerprint density at radius 1 is 1.24 bits per heavy atom. The minimum Gasteiger partial charge on any atom is -0.396 e. The molecule has 0 radical (unpaired) electrons. The monoisotopic (exact) mass is 234 g/mol. The number of hydrogen-bond acceptors (Lipinski definition) is 3. The molecule has 0 aliphatic carbocycles. The van der Waals surface area contributed by atoms with E-state index in [1.165, 1.54) is 5.56 Å². The molecule has 0 spiro atoms. The lowest BCUT2D eigenvalue weighted by atomic mass is 9.93. The van der Waals surface area contributed by atoms with Crippen LogP contribution in [0.5, 0.6) is 0 Å². The topological polar surface area (TPSA) is 49.5 Å². The SMILES string of the molecule is NCC1CCC(CO)CN1Cc1ccccc1. The maximum Gasteiger partial charge on any atom is 0.0471 e.